The van der Waals surface area contributed by atoms with Gasteiger partial charge in [-0.3, -0.25) is 4.79 Å². The van der Waals surface area contributed by atoms with Crippen molar-refractivity contribution in [3.05, 3.63) is 45.9 Å². The second-order valence-electron chi connectivity index (χ2n) is 4.32. The summed E-state index contributed by atoms with van der Waals surface area (Å²) in [4.78, 5) is 17.8. The maximum absolute atomic E-state index is 11.2. The zero-order valence-corrected chi connectivity index (χ0v) is 11.6. The number of nitrogens with zero attached hydrogens (tertiary/aromatic N) is 2. The highest BCUT2D eigenvalue weighted by molar-refractivity contribution is 7.09. The van der Waals surface area contributed by atoms with Crippen LogP contribution in [0.4, 0.5) is 5.69 Å². The highest BCUT2D eigenvalue weighted by atomic mass is 32.1. The van der Waals surface area contributed by atoms with E-state index < -0.39 is 0 Å². The first kappa shape index (κ1) is 12.8. The number of ketones is 1. The molecule has 3 nitrogen and oxygen atoms in total. The first-order valence-electron chi connectivity index (χ1n) is 5.79. The summed E-state index contributed by atoms with van der Waals surface area (Å²) in [5, 5.41) is 3.17. The Morgan fingerprint density at radius 1 is 1.33 bits per heavy atom. The Kier molecular flexibility index (Phi) is 3.77. The van der Waals surface area contributed by atoms with Gasteiger partial charge in [-0.15, -0.1) is 11.3 Å². The van der Waals surface area contributed by atoms with Gasteiger partial charge in [0.05, 0.1) is 17.2 Å². The van der Waals surface area contributed by atoms with Crippen LogP contribution in [0.5, 0.6) is 0 Å². The third kappa shape index (κ3) is 2.96. The molecule has 0 N–H and O–H groups in total. The van der Waals surface area contributed by atoms with Crippen LogP contribution in [0.1, 0.15) is 28.0 Å². The van der Waals surface area contributed by atoms with Crippen LogP contribution in [0.15, 0.2) is 29.6 Å². The van der Waals surface area contributed by atoms with Crippen LogP contribution in [0, 0.1) is 6.92 Å². The average molecular weight is 260 g/mol. The fraction of sp³-hybridized carbons (Fsp3) is 0.286. The minimum atomic E-state index is 0.0966. The predicted octanol–water partition coefficient (Wildman–Crippen LogP) is 3.29. The number of benzene rings is 1. The van der Waals surface area contributed by atoms with Crippen molar-refractivity contribution in [1.29, 1.82) is 0 Å². The molecule has 18 heavy (non-hydrogen) atoms. The SMILES string of the molecule is CC(=O)c1ccc(N(C)Cc2csc(C)n2)cc1. The molecule has 1 heterocycles. The molecule has 0 atom stereocenters. The molecule has 2 rings (SSSR count). The molecule has 0 aliphatic carbocycles. The van der Waals surface area contributed by atoms with Crippen molar-refractivity contribution in [3.8, 4) is 0 Å². The first-order valence-corrected chi connectivity index (χ1v) is 6.67. The number of hydrogen-bond donors (Lipinski definition) is 0. The number of carbonyl (C=O) groups excluding carboxylic acids is 1. The molecule has 4 heteroatoms. The maximum atomic E-state index is 11.2. The van der Waals surface area contributed by atoms with Crippen LogP contribution in [-0.2, 0) is 6.54 Å². The van der Waals surface area contributed by atoms with E-state index in [1.807, 2.05) is 38.2 Å². The molecule has 1 aromatic heterocycles. The Hall–Kier alpha value is -1.68. The zero-order valence-electron chi connectivity index (χ0n) is 10.8. The monoisotopic (exact) mass is 260 g/mol. The summed E-state index contributed by atoms with van der Waals surface area (Å²) in [6.45, 7) is 4.37. The number of thiazole rings is 1. The highest BCUT2D eigenvalue weighted by Gasteiger charge is 2.06. The summed E-state index contributed by atoms with van der Waals surface area (Å²) < 4.78 is 0. The topological polar surface area (TPSA) is 33.2 Å². The molecular weight excluding hydrogens is 244 g/mol. The lowest BCUT2D eigenvalue weighted by Crippen LogP contribution is -2.16. The van der Waals surface area contributed by atoms with Gasteiger partial charge in [0.15, 0.2) is 5.78 Å². The fourth-order valence-electron chi connectivity index (χ4n) is 1.77. The Morgan fingerprint density at radius 3 is 2.50 bits per heavy atom. The zero-order chi connectivity index (χ0) is 13.1. The van der Waals surface area contributed by atoms with Crippen LogP contribution in [0.3, 0.4) is 0 Å². The first-order chi connectivity index (χ1) is 8.56. The van der Waals surface area contributed by atoms with Crippen molar-refractivity contribution in [1.82, 2.24) is 4.98 Å². The molecule has 0 saturated heterocycles. The van der Waals surface area contributed by atoms with E-state index in [-0.39, 0.29) is 5.78 Å². The Labute approximate surface area is 111 Å². The van der Waals surface area contributed by atoms with Crippen LogP contribution in [-0.4, -0.2) is 17.8 Å². The number of carbonyl (C=O) groups is 1. The molecule has 1 aromatic carbocycles. The number of anilines is 1. The third-order valence-electron chi connectivity index (χ3n) is 2.78. The van der Waals surface area contributed by atoms with Crippen LogP contribution >= 0.6 is 11.3 Å². The highest BCUT2D eigenvalue weighted by Crippen LogP contribution is 2.17. The summed E-state index contributed by atoms with van der Waals surface area (Å²) >= 11 is 1.67. The van der Waals surface area contributed by atoms with Crippen LogP contribution in [0.25, 0.3) is 0 Å². The lowest BCUT2D eigenvalue weighted by atomic mass is 10.1. The molecule has 0 unspecified atom stereocenters. The van der Waals surface area contributed by atoms with Crippen molar-refractivity contribution in [2.24, 2.45) is 0 Å². The minimum absolute atomic E-state index is 0.0966. The number of Topliss-reactive ketones (excluding diaryl/α,β-unsaturated/α-hetero) is 1. The van der Waals surface area contributed by atoms with Gasteiger partial charge in [-0.1, -0.05) is 0 Å². The molecule has 0 spiro atoms. The van der Waals surface area contributed by atoms with Gasteiger partial charge in [-0.05, 0) is 38.1 Å². The Morgan fingerprint density at radius 2 is 2.00 bits per heavy atom. The number of hydrogen-bond acceptors (Lipinski definition) is 4. The molecule has 0 aliphatic heterocycles. The van der Waals surface area contributed by atoms with Crippen LogP contribution in [0.2, 0.25) is 0 Å². The van der Waals surface area contributed by atoms with E-state index in [0.717, 1.165) is 28.5 Å². The molecule has 0 radical (unpaired) electrons. The second-order valence-corrected chi connectivity index (χ2v) is 5.38. The summed E-state index contributed by atoms with van der Waals surface area (Å²) in [7, 11) is 2.03. The molecular formula is C14H16N2OS. The van der Waals surface area contributed by atoms with Gasteiger partial charge in [0.25, 0.3) is 0 Å². The lowest BCUT2D eigenvalue weighted by Gasteiger charge is -2.18. The molecule has 0 saturated carbocycles. The van der Waals surface area contributed by atoms with Crippen molar-refractivity contribution in [2.45, 2.75) is 20.4 Å². The third-order valence-corrected chi connectivity index (χ3v) is 3.60. The summed E-state index contributed by atoms with van der Waals surface area (Å²) in [6, 6.07) is 7.66. The van der Waals surface area contributed by atoms with Crippen molar-refractivity contribution >= 4 is 22.8 Å². The molecule has 2 aromatic rings. The van der Waals surface area contributed by atoms with Crippen molar-refractivity contribution in [3.63, 3.8) is 0 Å². The molecule has 0 aliphatic rings. The predicted molar refractivity (Wildman–Crippen MR) is 75.4 cm³/mol. The molecule has 0 amide bonds. The Balaban J connectivity index is 2.09. The smallest absolute Gasteiger partial charge is 0.159 e. The quantitative estimate of drug-likeness (QED) is 0.791. The Bertz CT molecular complexity index is 545. The minimum Gasteiger partial charge on any atom is -0.369 e. The summed E-state index contributed by atoms with van der Waals surface area (Å²) in [5.74, 6) is 0.0966. The van der Waals surface area contributed by atoms with E-state index in [2.05, 4.69) is 15.3 Å². The van der Waals surface area contributed by atoms with Gasteiger partial charge in [0.2, 0.25) is 0 Å². The van der Waals surface area contributed by atoms with Gasteiger partial charge >= 0.3 is 0 Å². The number of aryl methyl sites for hydroxylation is 1. The molecule has 94 valence electrons. The molecule has 0 bridgehead atoms. The second kappa shape index (κ2) is 5.31. The van der Waals surface area contributed by atoms with Gasteiger partial charge in [0.1, 0.15) is 0 Å². The normalized spacial score (nSPS) is 10.4. The van der Waals surface area contributed by atoms with E-state index in [1.165, 1.54) is 0 Å². The van der Waals surface area contributed by atoms with Gasteiger partial charge < -0.3 is 4.90 Å². The van der Waals surface area contributed by atoms with Gasteiger partial charge in [0, 0.05) is 23.7 Å². The fourth-order valence-corrected chi connectivity index (χ4v) is 2.37. The number of rotatable bonds is 4. The maximum Gasteiger partial charge on any atom is 0.159 e. The van der Waals surface area contributed by atoms with E-state index in [0.29, 0.717) is 0 Å². The van der Waals surface area contributed by atoms with Crippen LogP contribution < -0.4 is 4.90 Å². The van der Waals surface area contributed by atoms with E-state index in [9.17, 15) is 4.79 Å². The summed E-state index contributed by atoms with van der Waals surface area (Å²) in [5.41, 5.74) is 2.91. The standard InChI is InChI=1S/C14H16N2OS/c1-10(17)12-4-6-14(7-5-12)16(3)8-13-9-18-11(2)15-13/h4-7,9H,8H2,1-3H3. The molecule has 0 fully saturated rings. The average Bonchev–Trinajstić information content (AvgIpc) is 2.75. The van der Waals surface area contributed by atoms with E-state index in [1.54, 1.807) is 18.3 Å². The lowest BCUT2D eigenvalue weighted by molar-refractivity contribution is 0.101. The van der Waals surface area contributed by atoms with E-state index in [4.69, 9.17) is 0 Å². The van der Waals surface area contributed by atoms with Crippen molar-refractivity contribution in [2.75, 3.05) is 11.9 Å². The van der Waals surface area contributed by atoms with Gasteiger partial charge in [-0.2, -0.15) is 0 Å². The van der Waals surface area contributed by atoms with E-state index >= 15 is 0 Å². The van der Waals surface area contributed by atoms with Crippen molar-refractivity contribution < 1.29 is 4.79 Å². The summed E-state index contributed by atoms with van der Waals surface area (Å²) in [6.07, 6.45) is 0. The van der Waals surface area contributed by atoms with Gasteiger partial charge in [-0.25, -0.2) is 4.98 Å². The largest absolute Gasteiger partial charge is 0.369 e. The number of aromatic nitrogens is 1.